The van der Waals surface area contributed by atoms with Crippen molar-refractivity contribution in [3.8, 4) is 11.5 Å². The van der Waals surface area contributed by atoms with E-state index in [9.17, 15) is 62.2 Å². The number of hydrogen-bond acceptors (Lipinski definition) is 1. The number of halogens is 13. The van der Waals surface area contributed by atoms with Crippen LogP contribution in [0.3, 0.4) is 0 Å². The Bertz CT molecular complexity index is 727. The molecule has 0 spiro atoms. The minimum Gasteiger partial charge on any atom is -0.489 e. The summed E-state index contributed by atoms with van der Waals surface area (Å²) in [6.07, 6.45) is -11.1. The van der Waals surface area contributed by atoms with Crippen LogP contribution in [-0.2, 0) is 5.11 Å². The summed E-state index contributed by atoms with van der Waals surface area (Å²) < 4.78 is 172. The van der Waals surface area contributed by atoms with Crippen molar-refractivity contribution >= 4 is 0 Å². The molecule has 0 N–H and O–H groups in total. The lowest BCUT2D eigenvalue weighted by Gasteiger charge is -2.39. The Labute approximate surface area is 159 Å². The van der Waals surface area contributed by atoms with Crippen molar-refractivity contribution in [1.29, 1.82) is 0 Å². The Morgan fingerprint density at radius 2 is 1.13 bits per heavy atom. The van der Waals surface area contributed by atoms with Gasteiger partial charge in [-0.3, -0.25) is 5.11 Å². The third-order valence-corrected chi connectivity index (χ3v) is 3.74. The number of benzene rings is 1. The predicted octanol–water partition coefficient (Wildman–Crippen LogP) is 6.73. The molecule has 0 fully saturated rings. The highest BCUT2D eigenvalue weighted by molar-refractivity contribution is 5.37. The van der Waals surface area contributed by atoms with Gasteiger partial charge in [-0.15, -0.1) is 0 Å². The summed E-state index contributed by atoms with van der Waals surface area (Å²) in [6.45, 7) is -0.994. The van der Waals surface area contributed by atoms with Crippen LogP contribution in [-0.4, -0.2) is 42.4 Å². The average molecular weight is 469 g/mol. The number of alkyl halides is 13. The van der Waals surface area contributed by atoms with Crippen molar-refractivity contribution in [3.05, 3.63) is 24.3 Å². The van der Waals surface area contributed by atoms with Gasteiger partial charge in [0.2, 0.25) is 5.75 Å². The fraction of sp³-hybridized carbons (Fsp3) is 0.600. The summed E-state index contributed by atoms with van der Waals surface area (Å²) in [6, 6.07) is 4.44. The van der Waals surface area contributed by atoms with E-state index in [1.165, 1.54) is 12.1 Å². The van der Waals surface area contributed by atoms with Gasteiger partial charge in [-0.2, -0.15) is 57.1 Å². The number of ether oxygens (including phenoxy) is 1. The molecule has 30 heavy (non-hydrogen) atoms. The second-order valence-corrected chi connectivity index (χ2v) is 5.90. The van der Waals surface area contributed by atoms with Crippen LogP contribution in [0.25, 0.3) is 0 Å². The van der Waals surface area contributed by atoms with E-state index in [4.69, 9.17) is 0 Å². The van der Waals surface area contributed by atoms with Crippen molar-refractivity contribution < 1.29 is 66.9 Å². The van der Waals surface area contributed by atoms with Crippen molar-refractivity contribution in [1.82, 2.24) is 0 Å². The maximum atomic E-state index is 13.5. The molecular formula is C15H10F13O2. The van der Waals surface area contributed by atoms with Gasteiger partial charge >= 0.3 is 35.8 Å². The maximum Gasteiger partial charge on any atom is 0.460 e. The van der Waals surface area contributed by atoms with Gasteiger partial charge in [0, 0.05) is 6.42 Å². The van der Waals surface area contributed by atoms with E-state index in [2.05, 4.69) is 4.74 Å². The molecule has 0 aliphatic heterocycles. The first-order chi connectivity index (χ1) is 13.2. The molecule has 0 aliphatic carbocycles. The fourth-order valence-corrected chi connectivity index (χ4v) is 2.00. The first-order valence-corrected chi connectivity index (χ1v) is 7.58. The second-order valence-electron chi connectivity index (χ2n) is 5.90. The Morgan fingerprint density at radius 3 is 1.60 bits per heavy atom. The first-order valence-electron chi connectivity index (χ1n) is 7.58. The van der Waals surface area contributed by atoms with E-state index in [1.807, 2.05) is 0 Å². The van der Waals surface area contributed by atoms with Gasteiger partial charge < -0.3 is 4.74 Å². The molecule has 2 nitrogen and oxygen atoms in total. The predicted molar refractivity (Wildman–Crippen MR) is 72.1 cm³/mol. The molecule has 1 rings (SSSR count). The minimum absolute atomic E-state index is 0.464. The largest absolute Gasteiger partial charge is 0.489 e. The van der Waals surface area contributed by atoms with Crippen LogP contribution in [0.2, 0.25) is 0 Å². The molecule has 0 aromatic heterocycles. The third-order valence-electron chi connectivity index (χ3n) is 3.74. The van der Waals surface area contributed by atoms with Crippen molar-refractivity contribution in [2.75, 3.05) is 6.61 Å². The molecule has 0 heterocycles. The summed E-state index contributed by atoms with van der Waals surface area (Å²) >= 11 is 0. The topological polar surface area (TPSA) is 29.1 Å². The molecule has 15 heteroatoms. The molecule has 0 bridgehead atoms. The summed E-state index contributed by atoms with van der Waals surface area (Å²) in [4.78, 5) is 0. The molecule has 0 amide bonds. The summed E-state index contributed by atoms with van der Waals surface area (Å²) in [5.41, 5.74) is 0. The van der Waals surface area contributed by atoms with Gasteiger partial charge in [-0.1, -0.05) is 12.1 Å². The van der Waals surface area contributed by atoms with Gasteiger partial charge in [-0.25, -0.2) is 0 Å². The molecule has 173 valence electrons. The number of rotatable bonds is 9. The van der Waals surface area contributed by atoms with Crippen LogP contribution < -0.4 is 4.74 Å². The SMILES string of the molecule is [O]c1ccccc1OCCCC(F)(F)C(F)(F)C(F)(F)C(F)(F)C(F)(F)C(F)(F)F. The molecular weight excluding hydrogens is 459 g/mol. The van der Waals surface area contributed by atoms with E-state index < -0.39 is 66.7 Å². The minimum atomic E-state index is -7.91. The quantitative estimate of drug-likeness (QED) is 0.291. The van der Waals surface area contributed by atoms with Gasteiger partial charge in [0.1, 0.15) is 0 Å². The highest BCUT2D eigenvalue weighted by atomic mass is 19.4. The Morgan fingerprint density at radius 1 is 0.667 bits per heavy atom. The van der Waals surface area contributed by atoms with Crippen LogP contribution in [0, 0.1) is 0 Å². The molecule has 1 aromatic rings. The van der Waals surface area contributed by atoms with Crippen molar-refractivity contribution in [2.24, 2.45) is 0 Å². The van der Waals surface area contributed by atoms with Gasteiger partial charge in [0.05, 0.1) is 6.61 Å². The van der Waals surface area contributed by atoms with Gasteiger partial charge in [0.15, 0.2) is 5.75 Å². The van der Waals surface area contributed by atoms with Gasteiger partial charge in [0.25, 0.3) is 0 Å². The zero-order valence-corrected chi connectivity index (χ0v) is 14.2. The summed E-state index contributed by atoms with van der Waals surface area (Å²) in [5.74, 6) is -38.2. The molecule has 0 atom stereocenters. The highest BCUT2D eigenvalue weighted by Gasteiger charge is 2.90. The Kier molecular flexibility index (Phi) is 6.81. The molecule has 0 aliphatic rings. The Balaban J connectivity index is 3.01. The summed E-state index contributed by atoms with van der Waals surface area (Å²) in [7, 11) is 0. The Hall–Kier alpha value is -2.09. The van der Waals surface area contributed by atoms with Crippen LogP contribution in [0.15, 0.2) is 24.3 Å². The van der Waals surface area contributed by atoms with E-state index in [0.717, 1.165) is 12.1 Å². The zero-order valence-electron chi connectivity index (χ0n) is 14.2. The highest BCUT2D eigenvalue weighted by Crippen LogP contribution is 2.60. The lowest BCUT2D eigenvalue weighted by Crippen LogP contribution is -2.70. The average Bonchev–Trinajstić information content (AvgIpc) is 2.58. The molecule has 1 aromatic carbocycles. The molecule has 0 saturated carbocycles. The normalized spacial score (nSPS) is 14.7. The monoisotopic (exact) mass is 469 g/mol. The van der Waals surface area contributed by atoms with Crippen LogP contribution in [0.4, 0.5) is 57.1 Å². The van der Waals surface area contributed by atoms with Crippen LogP contribution in [0.5, 0.6) is 11.5 Å². The standard InChI is InChI=1S/C15H10F13O2/c16-10(17,6-3-7-30-9-5-2-1-4-8(9)29)11(18,19)12(20,21)13(22,23)14(24,25)15(26,27)28/h1-2,4-5H,3,6-7H2. The van der Waals surface area contributed by atoms with Crippen LogP contribution >= 0.6 is 0 Å². The van der Waals surface area contributed by atoms with Gasteiger partial charge in [-0.05, 0) is 18.6 Å². The van der Waals surface area contributed by atoms with Crippen molar-refractivity contribution in [3.63, 3.8) is 0 Å². The lowest BCUT2D eigenvalue weighted by atomic mass is 9.92. The second kappa shape index (κ2) is 7.87. The lowest BCUT2D eigenvalue weighted by molar-refractivity contribution is -0.440. The number of hydrogen-bond donors (Lipinski definition) is 0. The van der Waals surface area contributed by atoms with E-state index in [-0.39, 0.29) is 0 Å². The molecule has 0 unspecified atom stereocenters. The fourth-order valence-electron chi connectivity index (χ4n) is 2.00. The first kappa shape index (κ1) is 25.9. The molecule has 0 saturated heterocycles. The van der Waals surface area contributed by atoms with E-state index in [0.29, 0.717) is 0 Å². The maximum absolute atomic E-state index is 13.5. The molecule has 1 radical (unpaired) electrons. The van der Waals surface area contributed by atoms with Crippen LogP contribution in [0.1, 0.15) is 12.8 Å². The smallest absolute Gasteiger partial charge is 0.460 e. The van der Waals surface area contributed by atoms with E-state index >= 15 is 0 Å². The number of para-hydroxylation sites is 2. The zero-order chi connectivity index (χ0) is 23.8. The van der Waals surface area contributed by atoms with Crippen molar-refractivity contribution in [2.45, 2.75) is 48.6 Å². The van der Waals surface area contributed by atoms with E-state index in [1.54, 1.807) is 0 Å². The summed E-state index contributed by atoms with van der Waals surface area (Å²) in [5, 5.41) is 11.2. The third kappa shape index (κ3) is 4.19.